The normalized spacial score (nSPS) is 10.7. The third kappa shape index (κ3) is 2.00. The first-order valence-electron chi connectivity index (χ1n) is 5.58. The van der Waals surface area contributed by atoms with Crippen molar-refractivity contribution in [3.63, 3.8) is 0 Å². The molecule has 0 aliphatic rings. The lowest BCUT2D eigenvalue weighted by Crippen LogP contribution is -2.02. The van der Waals surface area contributed by atoms with Gasteiger partial charge in [-0.15, -0.1) is 0 Å². The molecule has 0 fully saturated rings. The SMILES string of the molecule is O=C(Cc1ccoc1)c1ccc2nccnc2c1. The molecule has 0 aliphatic carbocycles. The van der Waals surface area contributed by atoms with Crippen LogP contribution >= 0.6 is 0 Å². The van der Waals surface area contributed by atoms with Crippen molar-refractivity contribution in [1.82, 2.24) is 9.97 Å². The molecular formula is C14H10N2O2. The fraction of sp³-hybridized carbons (Fsp3) is 0.0714. The van der Waals surface area contributed by atoms with E-state index < -0.39 is 0 Å². The summed E-state index contributed by atoms with van der Waals surface area (Å²) in [4.78, 5) is 20.4. The predicted molar refractivity (Wildman–Crippen MR) is 66.3 cm³/mol. The van der Waals surface area contributed by atoms with Gasteiger partial charge < -0.3 is 4.42 Å². The Morgan fingerprint density at radius 1 is 1.11 bits per heavy atom. The smallest absolute Gasteiger partial charge is 0.167 e. The summed E-state index contributed by atoms with van der Waals surface area (Å²) >= 11 is 0. The maximum Gasteiger partial charge on any atom is 0.167 e. The fourth-order valence-corrected chi connectivity index (χ4v) is 1.82. The number of Topliss-reactive ketones (excluding diaryl/α,β-unsaturated/α-hetero) is 1. The number of fused-ring (bicyclic) bond motifs is 1. The number of carbonyl (C=O) groups excluding carboxylic acids is 1. The summed E-state index contributed by atoms with van der Waals surface area (Å²) < 4.78 is 4.95. The molecule has 0 unspecified atom stereocenters. The summed E-state index contributed by atoms with van der Waals surface area (Å²) in [6.45, 7) is 0. The van der Waals surface area contributed by atoms with E-state index in [0.717, 1.165) is 16.6 Å². The molecule has 0 radical (unpaired) electrons. The lowest BCUT2D eigenvalue weighted by Gasteiger charge is -2.01. The molecular weight excluding hydrogens is 228 g/mol. The molecule has 2 aromatic heterocycles. The van der Waals surface area contributed by atoms with Gasteiger partial charge in [0.15, 0.2) is 5.78 Å². The molecule has 4 nitrogen and oxygen atoms in total. The Bertz CT molecular complexity index is 690. The zero-order valence-corrected chi connectivity index (χ0v) is 9.54. The lowest BCUT2D eigenvalue weighted by atomic mass is 10.0. The number of ketones is 1. The predicted octanol–water partition coefficient (Wildman–Crippen LogP) is 2.65. The zero-order valence-electron chi connectivity index (χ0n) is 9.54. The molecule has 3 rings (SSSR count). The van der Waals surface area contributed by atoms with E-state index in [9.17, 15) is 4.79 Å². The Kier molecular flexibility index (Phi) is 2.61. The second-order valence-electron chi connectivity index (χ2n) is 3.99. The second kappa shape index (κ2) is 4.41. The topological polar surface area (TPSA) is 56.0 Å². The minimum Gasteiger partial charge on any atom is -0.472 e. The number of benzene rings is 1. The molecule has 0 bridgehead atoms. The number of hydrogen-bond acceptors (Lipinski definition) is 4. The lowest BCUT2D eigenvalue weighted by molar-refractivity contribution is 0.0993. The van der Waals surface area contributed by atoms with Crippen molar-refractivity contribution in [1.29, 1.82) is 0 Å². The van der Waals surface area contributed by atoms with E-state index in [1.807, 2.05) is 6.07 Å². The largest absolute Gasteiger partial charge is 0.472 e. The van der Waals surface area contributed by atoms with Gasteiger partial charge in [0.05, 0.1) is 23.6 Å². The minimum atomic E-state index is 0.0453. The Labute approximate surface area is 103 Å². The average molecular weight is 238 g/mol. The van der Waals surface area contributed by atoms with Gasteiger partial charge in [0.1, 0.15) is 0 Å². The Hall–Kier alpha value is -2.49. The van der Waals surface area contributed by atoms with E-state index in [-0.39, 0.29) is 5.78 Å². The monoisotopic (exact) mass is 238 g/mol. The van der Waals surface area contributed by atoms with Gasteiger partial charge in [0.2, 0.25) is 0 Å². The van der Waals surface area contributed by atoms with Crippen LogP contribution in [-0.4, -0.2) is 15.8 Å². The van der Waals surface area contributed by atoms with E-state index in [0.29, 0.717) is 12.0 Å². The second-order valence-corrected chi connectivity index (χ2v) is 3.99. The van der Waals surface area contributed by atoms with Crippen molar-refractivity contribution < 1.29 is 9.21 Å². The molecule has 0 N–H and O–H groups in total. The molecule has 1 aromatic carbocycles. The van der Waals surface area contributed by atoms with Gasteiger partial charge in [-0.2, -0.15) is 0 Å². The number of furan rings is 1. The highest BCUT2D eigenvalue weighted by Crippen LogP contribution is 2.13. The molecule has 0 spiro atoms. The molecule has 88 valence electrons. The quantitative estimate of drug-likeness (QED) is 0.658. The van der Waals surface area contributed by atoms with Gasteiger partial charge in [-0.3, -0.25) is 14.8 Å². The van der Waals surface area contributed by atoms with Crippen LogP contribution in [0.4, 0.5) is 0 Å². The van der Waals surface area contributed by atoms with Gasteiger partial charge in [-0.05, 0) is 29.8 Å². The van der Waals surface area contributed by atoms with Crippen molar-refractivity contribution in [3.8, 4) is 0 Å². The van der Waals surface area contributed by atoms with Crippen molar-refractivity contribution in [2.45, 2.75) is 6.42 Å². The third-order valence-corrected chi connectivity index (χ3v) is 2.74. The molecule has 4 heteroatoms. The van der Waals surface area contributed by atoms with Crippen molar-refractivity contribution >= 4 is 16.8 Å². The van der Waals surface area contributed by atoms with Crippen LogP contribution in [0.3, 0.4) is 0 Å². The molecule has 0 saturated carbocycles. The Morgan fingerprint density at radius 3 is 2.72 bits per heavy atom. The molecule has 0 aliphatic heterocycles. The molecule has 18 heavy (non-hydrogen) atoms. The zero-order chi connectivity index (χ0) is 12.4. The van der Waals surface area contributed by atoms with E-state index >= 15 is 0 Å². The summed E-state index contributed by atoms with van der Waals surface area (Å²) in [6.07, 6.45) is 6.73. The minimum absolute atomic E-state index is 0.0453. The first-order chi connectivity index (χ1) is 8.83. The molecule has 0 saturated heterocycles. The molecule has 3 aromatic rings. The first-order valence-corrected chi connectivity index (χ1v) is 5.58. The maximum absolute atomic E-state index is 12.1. The number of nitrogens with zero attached hydrogens (tertiary/aromatic N) is 2. The van der Waals surface area contributed by atoms with Crippen molar-refractivity contribution in [3.05, 3.63) is 60.3 Å². The standard InChI is InChI=1S/C14H10N2O2/c17-14(7-10-3-6-18-9-10)11-1-2-12-13(8-11)16-5-4-15-12/h1-6,8-9H,7H2. The van der Waals surface area contributed by atoms with Crippen LogP contribution in [0.25, 0.3) is 11.0 Å². The summed E-state index contributed by atoms with van der Waals surface area (Å²) in [5.41, 5.74) is 3.04. The van der Waals surface area contributed by atoms with Crippen LogP contribution in [0.5, 0.6) is 0 Å². The van der Waals surface area contributed by atoms with Crippen LogP contribution in [0, 0.1) is 0 Å². The fourth-order valence-electron chi connectivity index (χ4n) is 1.82. The maximum atomic E-state index is 12.1. The molecule has 2 heterocycles. The van der Waals surface area contributed by atoms with Gasteiger partial charge in [-0.25, -0.2) is 0 Å². The van der Waals surface area contributed by atoms with Gasteiger partial charge in [0, 0.05) is 24.4 Å². The number of rotatable bonds is 3. The highest BCUT2D eigenvalue weighted by atomic mass is 16.3. The number of carbonyl (C=O) groups is 1. The van der Waals surface area contributed by atoms with E-state index in [4.69, 9.17) is 4.42 Å². The van der Waals surface area contributed by atoms with E-state index in [2.05, 4.69) is 9.97 Å². The van der Waals surface area contributed by atoms with Crippen molar-refractivity contribution in [2.75, 3.05) is 0 Å². The van der Waals surface area contributed by atoms with Crippen molar-refractivity contribution in [2.24, 2.45) is 0 Å². The Balaban J connectivity index is 1.92. The van der Waals surface area contributed by atoms with Gasteiger partial charge in [-0.1, -0.05) is 0 Å². The van der Waals surface area contributed by atoms with Crippen LogP contribution in [0.1, 0.15) is 15.9 Å². The average Bonchev–Trinajstić information content (AvgIpc) is 2.91. The van der Waals surface area contributed by atoms with E-state index in [1.54, 1.807) is 43.1 Å². The van der Waals surface area contributed by atoms with Crippen LogP contribution < -0.4 is 0 Å². The highest BCUT2D eigenvalue weighted by molar-refractivity contribution is 5.99. The summed E-state index contributed by atoms with van der Waals surface area (Å²) in [5.74, 6) is 0.0453. The number of aromatic nitrogens is 2. The van der Waals surface area contributed by atoms with E-state index in [1.165, 1.54) is 0 Å². The van der Waals surface area contributed by atoms with Gasteiger partial charge >= 0.3 is 0 Å². The molecule has 0 amide bonds. The summed E-state index contributed by atoms with van der Waals surface area (Å²) in [5, 5.41) is 0. The van der Waals surface area contributed by atoms with Crippen LogP contribution in [0.15, 0.2) is 53.6 Å². The summed E-state index contributed by atoms with van der Waals surface area (Å²) in [6, 6.07) is 7.15. The first kappa shape index (κ1) is 10.7. The van der Waals surface area contributed by atoms with Gasteiger partial charge in [0.25, 0.3) is 0 Å². The summed E-state index contributed by atoms with van der Waals surface area (Å²) in [7, 11) is 0. The molecule has 0 atom stereocenters. The highest BCUT2D eigenvalue weighted by Gasteiger charge is 2.09. The number of hydrogen-bond donors (Lipinski definition) is 0. The van der Waals surface area contributed by atoms with Crippen LogP contribution in [-0.2, 0) is 6.42 Å². The Morgan fingerprint density at radius 2 is 1.94 bits per heavy atom. The third-order valence-electron chi connectivity index (χ3n) is 2.74. The van der Waals surface area contributed by atoms with Crippen LogP contribution in [0.2, 0.25) is 0 Å².